The second-order valence-electron chi connectivity index (χ2n) is 7.38. The third-order valence-corrected chi connectivity index (χ3v) is 7.39. The van der Waals surface area contributed by atoms with Gasteiger partial charge in [-0.15, -0.1) is 11.3 Å². The molecule has 1 fully saturated rings. The molecule has 0 bridgehead atoms. The van der Waals surface area contributed by atoms with Crippen LogP contribution in [0.3, 0.4) is 0 Å². The molecule has 0 atom stereocenters. The van der Waals surface area contributed by atoms with E-state index in [2.05, 4.69) is 18.2 Å². The fourth-order valence-corrected chi connectivity index (χ4v) is 5.76. The van der Waals surface area contributed by atoms with Crippen molar-refractivity contribution in [3.8, 4) is 10.6 Å². The molecule has 7 heteroatoms. The summed E-state index contributed by atoms with van der Waals surface area (Å²) in [5.41, 5.74) is 3.00. The summed E-state index contributed by atoms with van der Waals surface area (Å²) in [7, 11) is 0. The Bertz CT molecular complexity index is 951. The number of carboxylic acid groups (broad SMARTS) is 1. The third-order valence-electron chi connectivity index (χ3n) is 5.44. The summed E-state index contributed by atoms with van der Waals surface area (Å²) in [6, 6.07) is 0. The standard InChI is InChI=1S/C20H22N2O3S2/c1-10-11(2)26-16(17(10)19-21-18(22-27-19)12-7-8-12)9-15(23)13-5-3-4-6-14(13)20(24)25/h12H,3-9H2,1-2H3,(H,24,25). The molecule has 0 radical (unpaired) electrons. The number of hydrogen-bond donors (Lipinski definition) is 1. The Morgan fingerprint density at radius 1 is 1.15 bits per heavy atom. The molecule has 0 aliphatic heterocycles. The first-order valence-corrected chi connectivity index (χ1v) is 11.0. The highest BCUT2D eigenvalue weighted by molar-refractivity contribution is 7.14. The van der Waals surface area contributed by atoms with Crippen molar-refractivity contribution >= 4 is 34.6 Å². The predicted molar refractivity (Wildman–Crippen MR) is 107 cm³/mol. The number of thiophene rings is 1. The fraction of sp³-hybridized carbons (Fsp3) is 0.500. The molecule has 142 valence electrons. The highest BCUT2D eigenvalue weighted by atomic mass is 32.1. The molecule has 0 aromatic carbocycles. The number of Topliss-reactive ketones (excluding diaryl/α,β-unsaturated/α-hetero) is 1. The highest BCUT2D eigenvalue weighted by Gasteiger charge is 2.30. The van der Waals surface area contributed by atoms with E-state index in [-0.39, 0.29) is 12.2 Å². The lowest BCUT2D eigenvalue weighted by Crippen LogP contribution is -2.17. The van der Waals surface area contributed by atoms with Crippen LogP contribution in [0.4, 0.5) is 0 Å². The molecule has 0 amide bonds. The number of carbonyl (C=O) groups is 2. The molecule has 4 rings (SSSR count). The van der Waals surface area contributed by atoms with Gasteiger partial charge in [-0.3, -0.25) is 4.79 Å². The fourth-order valence-electron chi connectivity index (χ4n) is 3.65. The van der Waals surface area contributed by atoms with Gasteiger partial charge in [0, 0.05) is 38.8 Å². The Balaban J connectivity index is 1.66. The maximum Gasteiger partial charge on any atom is 0.331 e. The first kappa shape index (κ1) is 18.5. The Morgan fingerprint density at radius 3 is 2.52 bits per heavy atom. The Kier molecular flexibility index (Phi) is 4.99. The van der Waals surface area contributed by atoms with Gasteiger partial charge in [-0.25, -0.2) is 9.78 Å². The normalized spacial score (nSPS) is 17.4. The zero-order valence-electron chi connectivity index (χ0n) is 15.5. The van der Waals surface area contributed by atoms with Crippen LogP contribution < -0.4 is 0 Å². The lowest BCUT2D eigenvalue weighted by Gasteiger charge is -2.16. The van der Waals surface area contributed by atoms with Crippen molar-refractivity contribution in [1.29, 1.82) is 0 Å². The van der Waals surface area contributed by atoms with Crippen molar-refractivity contribution < 1.29 is 14.7 Å². The van der Waals surface area contributed by atoms with Gasteiger partial charge in [0.1, 0.15) is 10.8 Å². The molecular weight excluding hydrogens is 380 g/mol. The van der Waals surface area contributed by atoms with Crippen LogP contribution in [0.2, 0.25) is 0 Å². The molecular formula is C20H22N2O3S2. The summed E-state index contributed by atoms with van der Waals surface area (Å²) in [4.78, 5) is 31.4. The molecule has 2 aromatic heterocycles. The van der Waals surface area contributed by atoms with Gasteiger partial charge < -0.3 is 5.11 Å². The quantitative estimate of drug-likeness (QED) is 0.749. The number of hydrogen-bond acceptors (Lipinski definition) is 6. The summed E-state index contributed by atoms with van der Waals surface area (Å²) < 4.78 is 4.51. The lowest BCUT2D eigenvalue weighted by atomic mass is 9.88. The summed E-state index contributed by atoms with van der Waals surface area (Å²) in [6.07, 6.45) is 5.37. The number of carbonyl (C=O) groups excluding carboxylic acids is 1. The monoisotopic (exact) mass is 402 g/mol. The molecule has 5 nitrogen and oxygen atoms in total. The molecule has 1 saturated carbocycles. The lowest BCUT2D eigenvalue weighted by molar-refractivity contribution is -0.133. The van der Waals surface area contributed by atoms with E-state index < -0.39 is 5.97 Å². The second kappa shape index (κ2) is 7.28. The van der Waals surface area contributed by atoms with E-state index in [1.165, 1.54) is 16.4 Å². The van der Waals surface area contributed by atoms with E-state index in [1.54, 1.807) is 11.3 Å². The van der Waals surface area contributed by atoms with Crippen LogP contribution in [-0.4, -0.2) is 26.2 Å². The molecule has 0 spiro atoms. The van der Waals surface area contributed by atoms with Crippen molar-refractivity contribution in [1.82, 2.24) is 9.36 Å². The van der Waals surface area contributed by atoms with Crippen LogP contribution in [-0.2, 0) is 16.0 Å². The average molecular weight is 403 g/mol. The summed E-state index contributed by atoms with van der Waals surface area (Å²) in [6.45, 7) is 4.12. The van der Waals surface area contributed by atoms with Gasteiger partial charge in [-0.05, 0) is 69.5 Å². The van der Waals surface area contributed by atoms with Crippen LogP contribution in [0.15, 0.2) is 11.1 Å². The number of aliphatic carboxylic acids is 1. The molecule has 0 unspecified atom stereocenters. The van der Waals surface area contributed by atoms with Gasteiger partial charge in [-0.1, -0.05) is 0 Å². The van der Waals surface area contributed by atoms with E-state index in [4.69, 9.17) is 4.98 Å². The highest BCUT2D eigenvalue weighted by Crippen LogP contribution is 2.42. The van der Waals surface area contributed by atoms with E-state index in [9.17, 15) is 14.7 Å². The van der Waals surface area contributed by atoms with Gasteiger partial charge in [0.2, 0.25) is 0 Å². The second-order valence-corrected chi connectivity index (χ2v) is 9.44. The zero-order valence-corrected chi connectivity index (χ0v) is 17.1. The Hall–Kier alpha value is -1.86. The number of carboxylic acids is 1. The van der Waals surface area contributed by atoms with Crippen molar-refractivity contribution in [2.45, 2.75) is 64.7 Å². The van der Waals surface area contributed by atoms with Crippen molar-refractivity contribution in [2.75, 3.05) is 0 Å². The zero-order chi connectivity index (χ0) is 19.1. The van der Waals surface area contributed by atoms with Crippen LogP contribution in [0.5, 0.6) is 0 Å². The summed E-state index contributed by atoms with van der Waals surface area (Å²) in [5, 5.41) is 10.3. The van der Waals surface area contributed by atoms with Gasteiger partial charge >= 0.3 is 5.97 Å². The van der Waals surface area contributed by atoms with Crippen LogP contribution >= 0.6 is 22.9 Å². The number of allylic oxidation sites excluding steroid dienone is 1. The smallest absolute Gasteiger partial charge is 0.331 e. The third kappa shape index (κ3) is 3.62. The largest absolute Gasteiger partial charge is 0.478 e. The Morgan fingerprint density at radius 2 is 1.85 bits per heavy atom. The van der Waals surface area contributed by atoms with E-state index in [0.717, 1.165) is 52.5 Å². The molecule has 1 N–H and O–H groups in total. The maximum absolute atomic E-state index is 13.0. The van der Waals surface area contributed by atoms with E-state index >= 15 is 0 Å². The van der Waals surface area contributed by atoms with Gasteiger partial charge in [0.15, 0.2) is 5.78 Å². The first-order valence-electron chi connectivity index (χ1n) is 9.37. The van der Waals surface area contributed by atoms with Gasteiger partial charge in [0.05, 0.1) is 0 Å². The SMILES string of the molecule is Cc1sc(CC(=O)C2=C(C(=O)O)CCCC2)c(-c2nc(C3CC3)ns2)c1C. The number of rotatable bonds is 6. The van der Waals surface area contributed by atoms with Crippen LogP contribution in [0.25, 0.3) is 10.6 Å². The minimum Gasteiger partial charge on any atom is -0.478 e. The van der Waals surface area contributed by atoms with Crippen molar-refractivity contribution in [3.05, 3.63) is 32.3 Å². The average Bonchev–Trinajstić information content (AvgIpc) is 3.32. The van der Waals surface area contributed by atoms with E-state index in [0.29, 0.717) is 29.9 Å². The van der Waals surface area contributed by atoms with Crippen LogP contribution in [0.1, 0.15) is 65.6 Å². The van der Waals surface area contributed by atoms with Crippen LogP contribution in [0, 0.1) is 13.8 Å². The number of aromatic nitrogens is 2. The number of nitrogens with zero attached hydrogens (tertiary/aromatic N) is 2. The predicted octanol–water partition coefficient (Wildman–Crippen LogP) is 4.83. The minimum atomic E-state index is -0.949. The summed E-state index contributed by atoms with van der Waals surface area (Å²) >= 11 is 3.03. The van der Waals surface area contributed by atoms with E-state index in [1.807, 2.05) is 0 Å². The minimum absolute atomic E-state index is 0.0541. The van der Waals surface area contributed by atoms with Gasteiger partial charge in [0.25, 0.3) is 0 Å². The molecule has 2 aliphatic rings. The maximum atomic E-state index is 13.0. The molecule has 2 aromatic rings. The first-order chi connectivity index (χ1) is 13.0. The summed E-state index contributed by atoms with van der Waals surface area (Å²) in [5.74, 6) is 0.431. The molecule has 27 heavy (non-hydrogen) atoms. The molecule has 2 aliphatic carbocycles. The number of aryl methyl sites for hydroxylation is 1. The van der Waals surface area contributed by atoms with Crippen molar-refractivity contribution in [3.63, 3.8) is 0 Å². The van der Waals surface area contributed by atoms with Crippen molar-refractivity contribution in [2.24, 2.45) is 0 Å². The molecule has 0 saturated heterocycles. The van der Waals surface area contributed by atoms with Gasteiger partial charge in [-0.2, -0.15) is 4.37 Å². The molecule has 2 heterocycles. The number of ketones is 1. The topological polar surface area (TPSA) is 80.2 Å². The Labute approximate surface area is 166 Å².